The van der Waals surface area contributed by atoms with Gasteiger partial charge in [-0.1, -0.05) is 6.07 Å². The van der Waals surface area contributed by atoms with Gasteiger partial charge in [0.25, 0.3) is 0 Å². The molecule has 15 heavy (non-hydrogen) atoms. The third kappa shape index (κ3) is 1.79. The van der Waals surface area contributed by atoms with Gasteiger partial charge in [-0.15, -0.1) is 0 Å². The van der Waals surface area contributed by atoms with Crippen molar-refractivity contribution in [3.05, 3.63) is 47.5 Å². The summed E-state index contributed by atoms with van der Waals surface area (Å²) < 4.78 is 1.55. The highest BCUT2D eigenvalue weighted by molar-refractivity contribution is 6.06. The number of aromatic nitrogens is 3. The van der Waals surface area contributed by atoms with Gasteiger partial charge in [0.15, 0.2) is 0 Å². The van der Waals surface area contributed by atoms with Crippen LogP contribution in [0.5, 0.6) is 0 Å². The fraction of sp³-hybridized carbons (Fsp3) is 0.182. The molecule has 0 unspecified atom stereocenters. The third-order valence-electron chi connectivity index (χ3n) is 2.17. The molecule has 0 aromatic carbocycles. The molecule has 2 rings (SSSR count). The summed E-state index contributed by atoms with van der Waals surface area (Å²) in [4.78, 5) is 16.1. The number of rotatable bonds is 2. The minimum absolute atomic E-state index is 0.0984. The monoisotopic (exact) mass is 201 g/mol. The lowest BCUT2D eigenvalue weighted by Gasteiger charge is -2.01. The lowest BCUT2D eigenvalue weighted by molar-refractivity contribution is 0.102. The standard InChI is InChI=1S/C11H11N3O/c1-8-4-3-5-9(13-8)11(15)10-6-7-12-14(10)2/h3-7H,1-2H3. The summed E-state index contributed by atoms with van der Waals surface area (Å²) in [5, 5.41) is 3.95. The van der Waals surface area contributed by atoms with Crippen LogP contribution in [-0.2, 0) is 7.05 Å². The van der Waals surface area contributed by atoms with E-state index in [1.807, 2.05) is 19.1 Å². The van der Waals surface area contributed by atoms with E-state index >= 15 is 0 Å². The van der Waals surface area contributed by atoms with Crippen LogP contribution in [0.3, 0.4) is 0 Å². The molecule has 2 aromatic rings. The SMILES string of the molecule is Cc1cccc(C(=O)c2ccnn2C)n1. The molecule has 4 nitrogen and oxygen atoms in total. The molecular formula is C11H11N3O. The van der Waals surface area contributed by atoms with Gasteiger partial charge in [-0.25, -0.2) is 4.98 Å². The summed E-state index contributed by atoms with van der Waals surface area (Å²) >= 11 is 0. The van der Waals surface area contributed by atoms with Crippen LogP contribution in [0.4, 0.5) is 0 Å². The molecule has 0 radical (unpaired) electrons. The number of hydrogen-bond acceptors (Lipinski definition) is 3. The zero-order chi connectivity index (χ0) is 10.8. The van der Waals surface area contributed by atoms with Gasteiger partial charge in [-0.05, 0) is 25.1 Å². The average molecular weight is 201 g/mol. The second kappa shape index (κ2) is 3.65. The number of aryl methyl sites for hydroxylation is 2. The van der Waals surface area contributed by atoms with Crippen molar-refractivity contribution in [1.82, 2.24) is 14.8 Å². The van der Waals surface area contributed by atoms with Crippen molar-refractivity contribution in [1.29, 1.82) is 0 Å². The number of pyridine rings is 1. The van der Waals surface area contributed by atoms with Crippen molar-refractivity contribution in [2.75, 3.05) is 0 Å². The Morgan fingerprint density at radius 2 is 2.13 bits per heavy atom. The molecule has 2 aromatic heterocycles. The Morgan fingerprint density at radius 3 is 2.73 bits per heavy atom. The molecule has 0 saturated heterocycles. The van der Waals surface area contributed by atoms with Crippen molar-refractivity contribution in [2.24, 2.45) is 7.05 Å². The summed E-state index contributed by atoms with van der Waals surface area (Å²) in [7, 11) is 1.74. The Bertz CT molecular complexity index is 502. The van der Waals surface area contributed by atoms with Gasteiger partial charge in [-0.2, -0.15) is 5.10 Å². The third-order valence-corrected chi connectivity index (χ3v) is 2.17. The topological polar surface area (TPSA) is 47.8 Å². The van der Waals surface area contributed by atoms with Gasteiger partial charge in [0.1, 0.15) is 11.4 Å². The second-order valence-electron chi connectivity index (χ2n) is 3.33. The number of hydrogen-bond donors (Lipinski definition) is 0. The van der Waals surface area contributed by atoms with Crippen molar-refractivity contribution in [3.63, 3.8) is 0 Å². The second-order valence-corrected chi connectivity index (χ2v) is 3.33. The van der Waals surface area contributed by atoms with Crippen molar-refractivity contribution in [2.45, 2.75) is 6.92 Å². The van der Waals surface area contributed by atoms with Crippen LogP contribution in [0.25, 0.3) is 0 Å². The molecule has 2 heterocycles. The molecule has 0 atom stereocenters. The van der Waals surface area contributed by atoms with Crippen LogP contribution in [0.2, 0.25) is 0 Å². The molecule has 0 aliphatic heterocycles. The predicted octanol–water partition coefficient (Wildman–Crippen LogP) is 1.35. The zero-order valence-corrected chi connectivity index (χ0v) is 8.64. The number of carbonyl (C=O) groups excluding carboxylic acids is 1. The van der Waals surface area contributed by atoms with Crippen LogP contribution in [0, 0.1) is 6.92 Å². The summed E-state index contributed by atoms with van der Waals surface area (Å²) in [5.74, 6) is -0.0984. The molecule has 0 amide bonds. The maximum atomic E-state index is 12.0. The van der Waals surface area contributed by atoms with Crippen molar-refractivity contribution >= 4 is 5.78 Å². The van der Waals surface area contributed by atoms with Crippen LogP contribution in [0.1, 0.15) is 21.9 Å². The Labute approximate surface area is 87.6 Å². The van der Waals surface area contributed by atoms with Crippen LogP contribution < -0.4 is 0 Å². The van der Waals surface area contributed by atoms with Gasteiger partial charge >= 0.3 is 0 Å². The molecule has 0 aliphatic rings. The minimum atomic E-state index is -0.0984. The Hall–Kier alpha value is -1.97. The molecule has 4 heteroatoms. The normalized spacial score (nSPS) is 10.3. The highest BCUT2D eigenvalue weighted by atomic mass is 16.1. The Morgan fingerprint density at radius 1 is 1.33 bits per heavy atom. The molecule has 0 bridgehead atoms. The minimum Gasteiger partial charge on any atom is -0.285 e. The van der Waals surface area contributed by atoms with E-state index in [0.717, 1.165) is 5.69 Å². The summed E-state index contributed by atoms with van der Waals surface area (Å²) in [6, 6.07) is 7.08. The molecule has 0 aliphatic carbocycles. The Balaban J connectivity index is 2.41. The first kappa shape index (κ1) is 9.58. The van der Waals surface area contributed by atoms with Gasteiger partial charge < -0.3 is 0 Å². The lowest BCUT2D eigenvalue weighted by atomic mass is 10.2. The smallest absolute Gasteiger partial charge is 0.229 e. The van der Waals surface area contributed by atoms with Crippen LogP contribution in [0.15, 0.2) is 30.5 Å². The van der Waals surface area contributed by atoms with E-state index in [-0.39, 0.29) is 5.78 Å². The quantitative estimate of drug-likeness (QED) is 0.689. The fourth-order valence-corrected chi connectivity index (χ4v) is 1.40. The summed E-state index contributed by atoms with van der Waals surface area (Å²) in [6.07, 6.45) is 1.60. The van der Waals surface area contributed by atoms with Crippen molar-refractivity contribution in [3.8, 4) is 0 Å². The van der Waals surface area contributed by atoms with E-state index in [0.29, 0.717) is 11.4 Å². The van der Waals surface area contributed by atoms with E-state index in [1.165, 1.54) is 0 Å². The van der Waals surface area contributed by atoms with Gasteiger partial charge in [0, 0.05) is 18.9 Å². The van der Waals surface area contributed by atoms with Crippen LogP contribution >= 0.6 is 0 Å². The largest absolute Gasteiger partial charge is 0.285 e. The number of ketones is 1. The molecule has 0 N–H and O–H groups in total. The molecule has 76 valence electrons. The van der Waals surface area contributed by atoms with E-state index < -0.39 is 0 Å². The molecule has 0 saturated carbocycles. The number of carbonyl (C=O) groups is 1. The van der Waals surface area contributed by atoms with E-state index in [2.05, 4.69) is 10.1 Å². The maximum absolute atomic E-state index is 12.0. The van der Waals surface area contributed by atoms with E-state index in [9.17, 15) is 4.79 Å². The van der Waals surface area contributed by atoms with E-state index in [4.69, 9.17) is 0 Å². The van der Waals surface area contributed by atoms with E-state index in [1.54, 1.807) is 30.1 Å². The van der Waals surface area contributed by atoms with Gasteiger partial charge in [0.05, 0.1) is 0 Å². The molecule has 0 fully saturated rings. The highest BCUT2D eigenvalue weighted by Gasteiger charge is 2.13. The molecular weight excluding hydrogens is 190 g/mol. The maximum Gasteiger partial charge on any atom is 0.229 e. The van der Waals surface area contributed by atoms with Gasteiger partial charge in [-0.3, -0.25) is 9.48 Å². The fourth-order valence-electron chi connectivity index (χ4n) is 1.40. The Kier molecular flexibility index (Phi) is 2.33. The zero-order valence-electron chi connectivity index (χ0n) is 8.64. The lowest BCUT2D eigenvalue weighted by Crippen LogP contribution is -2.10. The predicted molar refractivity (Wildman–Crippen MR) is 55.6 cm³/mol. The first-order chi connectivity index (χ1) is 7.18. The first-order valence-electron chi connectivity index (χ1n) is 4.65. The summed E-state index contributed by atoms with van der Waals surface area (Å²) in [6.45, 7) is 1.86. The first-order valence-corrected chi connectivity index (χ1v) is 4.65. The summed E-state index contributed by atoms with van der Waals surface area (Å²) in [5.41, 5.74) is 1.84. The number of nitrogens with zero attached hydrogens (tertiary/aromatic N) is 3. The molecule has 0 spiro atoms. The van der Waals surface area contributed by atoms with Crippen molar-refractivity contribution < 1.29 is 4.79 Å². The highest BCUT2D eigenvalue weighted by Crippen LogP contribution is 2.06. The van der Waals surface area contributed by atoms with Gasteiger partial charge in [0.2, 0.25) is 5.78 Å². The average Bonchev–Trinajstić information content (AvgIpc) is 2.63. The van der Waals surface area contributed by atoms with Crippen LogP contribution in [-0.4, -0.2) is 20.5 Å².